The van der Waals surface area contributed by atoms with Crippen molar-refractivity contribution in [1.82, 2.24) is 19.3 Å². The average molecular weight is 559 g/mol. The van der Waals surface area contributed by atoms with Gasteiger partial charge in [0.25, 0.3) is 0 Å². The van der Waals surface area contributed by atoms with E-state index in [1.807, 2.05) is 18.2 Å². The molecule has 7 nitrogen and oxygen atoms in total. The topological polar surface area (TPSA) is 88.4 Å². The molecule has 12 heteroatoms. The maximum atomic E-state index is 13.3. The van der Waals surface area contributed by atoms with Gasteiger partial charge in [-0.1, -0.05) is 41.4 Å². The smallest absolute Gasteiger partial charge is 0.240 e. The van der Waals surface area contributed by atoms with E-state index in [2.05, 4.69) is 36.1 Å². The summed E-state index contributed by atoms with van der Waals surface area (Å²) in [7, 11) is -3.85. The summed E-state index contributed by atoms with van der Waals surface area (Å²) in [5, 5.41) is 7.74. The Morgan fingerprint density at radius 2 is 1.84 bits per heavy atom. The SMILES string of the molecule is O=S(=O)(NCCNc1cc(-c2ccccc2Cl)nc2c(Br)cnn12)c1ccc(F)c(Cl)c1. The van der Waals surface area contributed by atoms with E-state index in [9.17, 15) is 12.8 Å². The molecule has 0 bridgehead atoms. The average Bonchev–Trinajstić information content (AvgIpc) is 3.14. The lowest BCUT2D eigenvalue weighted by molar-refractivity contribution is 0.582. The summed E-state index contributed by atoms with van der Waals surface area (Å²) in [5.74, 6) is -0.0895. The van der Waals surface area contributed by atoms with Gasteiger partial charge in [-0.05, 0) is 40.2 Å². The molecule has 32 heavy (non-hydrogen) atoms. The fourth-order valence-corrected chi connectivity index (χ4v) is 4.86. The van der Waals surface area contributed by atoms with Crippen molar-refractivity contribution in [3.8, 4) is 11.3 Å². The first-order chi connectivity index (χ1) is 15.3. The first-order valence-electron chi connectivity index (χ1n) is 9.24. The molecule has 2 N–H and O–H groups in total. The Morgan fingerprint density at radius 3 is 2.59 bits per heavy atom. The molecular formula is C20H15BrCl2FN5O2S. The fraction of sp³-hybridized carbons (Fsp3) is 0.100. The van der Waals surface area contributed by atoms with E-state index in [1.165, 1.54) is 0 Å². The van der Waals surface area contributed by atoms with Crippen LogP contribution in [0.1, 0.15) is 0 Å². The summed E-state index contributed by atoms with van der Waals surface area (Å²) in [6.45, 7) is 0.303. The molecule has 0 aliphatic carbocycles. The van der Waals surface area contributed by atoms with Gasteiger partial charge in [0.1, 0.15) is 11.6 Å². The van der Waals surface area contributed by atoms with Crippen molar-refractivity contribution in [2.75, 3.05) is 18.4 Å². The monoisotopic (exact) mass is 557 g/mol. The molecular weight excluding hydrogens is 544 g/mol. The molecule has 0 unspecified atom stereocenters. The molecule has 0 radical (unpaired) electrons. The van der Waals surface area contributed by atoms with Crippen LogP contribution in [0.5, 0.6) is 0 Å². The minimum Gasteiger partial charge on any atom is -0.369 e. The number of nitrogens with one attached hydrogen (secondary N) is 2. The van der Waals surface area contributed by atoms with Crippen molar-refractivity contribution in [2.24, 2.45) is 0 Å². The van der Waals surface area contributed by atoms with Crippen molar-refractivity contribution < 1.29 is 12.8 Å². The second kappa shape index (κ2) is 9.32. The highest BCUT2D eigenvalue weighted by atomic mass is 79.9. The molecule has 0 saturated heterocycles. The number of hydrogen-bond donors (Lipinski definition) is 2. The minimum absolute atomic E-state index is 0.0605. The van der Waals surface area contributed by atoms with Crippen molar-refractivity contribution in [3.05, 3.63) is 75.1 Å². The second-order valence-electron chi connectivity index (χ2n) is 6.63. The number of sulfonamides is 1. The quantitative estimate of drug-likeness (QED) is 0.312. The van der Waals surface area contributed by atoms with Crippen molar-refractivity contribution in [3.63, 3.8) is 0 Å². The van der Waals surface area contributed by atoms with E-state index in [-0.39, 0.29) is 23.0 Å². The molecule has 0 aliphatic rings. The number of fused-ring (bicyclic) bond motifs is 1. The predicted octanol–water partition coefficient (Wildman–Crippen LogP) is 5.00. The van der Waals surface area contributed by atoms with Crippen LogP contribution in [-0.4, -0.2) is 36.1 Å². The number of rotatable bonds is 7. The van der Waals surface area contributed by atoms with Crippen LogP contribution >= 0.6 is 39.1 Å². The Kier molecular flexibility index (Phi) is 6.68. The number of hydrogen-bond acceptors (Lipinski definition) is 5. The molecule has 0 saturated carbocycles. The van der Waals surface area contributed by atoms with Gasteiger partial charge in [-0.15, -0.1) is 0 Å². The van der Waals surface area contributed by atoms with Gasteiger partial charge < -0.3 is 5.32 Å². The first kappa shape index (κ1) is 22.9. The third-order valence-corrected chi connectivity index (χ3v) is 7.14. The highest BCUT2D eigenvalue weighted by Gasteiger charge is 2.16. The van der Waals surface area contributed by atoms with Crippen LogP contribution in [0.3, 0.4) is 0 Å². The summed E-state index contributed by atoms with van der Waals surface area (Å²) in [5.41, 5.74) is 1.96. The largest absolute Gasteiger partial charge is 0.369 e. The Hall–Kier alpha value is -2.24. The van der Waals surface area contributed by atoms with E-state index in [4.69, 9.17) is 23.2 Å². The van der Waals surface area contributed by atoms with Crippen LogP contribution in [0.4, 0.5) is 10.2 Å². The third kappa shape index (κ3) is 4.74. The zero-order valence-corrected chi connectivity index (χ0v) is 20.1. The summed E-state index contributed by atoms with van der Waals surface area (Å²) in [6, 6.07) is 12.3. The summed E-state index contributed by atoms with van der Waals surface area (Å²) >= 11 is 15.4. The number of anilines is 1. The molecule has 4 aromatic rings. The maximum absolute atomic E-state index is 13.3. The lowest BCUT2D eigenvalue weighted by atomic mass is 10.1. The molecule has 0 spiro atoms. The van der Waals surface area contributed by atoms with Crippen LogP contribution in [0, 0.1) is 5.82 Å². The van der Waals surface area contributed by atoms with E-state index in [1.54, 1.807) is 22.8 Å². The molecule has 0 aliphatic heterocycles. The molecule has 2 aromatic carbocycles. The lowest BCUT2D eigenvalue weighted by Crippen LogP contribution is -2.29. The number of nitrogens with zero attached hydrogens (tertiary/aromatic N) is 3. The van der Waals surface area contributed by atoms with Crippen LogP contribution in [0.25, 0.3) is 16.9 Å². The summed E-state index contributed by atoms with van der Waals surface area (Å²) < 4.78 is 42.9. The molecule has 2 aromatic heterocycles. The molecule has 166 valence electrons. The molecule has 0 amide bonds. The predicted molar refractivity (Wildman–Crippen MR) is 126 cm³/mol. The standard InChI is InChI=1S/C20H15BrCl2FN5O2S/c21-14-11-26-29-19(10-18(28-20(14)29)13-3-1-2-4-15(13)22)25-7-8-27-32(30,31)12-5-6-17(24)16(23)9-12/h1-6,9-11,25,27H,7-8H2. The zero-order valence-electron chi connectivity index (χ0n) is 16.2. The number of benzene rings is 2. The van der Waals surface area contributed by atoms with Gasteiger partial charge in [-0.25, -0.2) is 22.5 Å². The highest BCUT2D eigenvalue weighted by Crippen LogP contribution is 2.30. The van der Waals surface area contributed by atoms with Gasteiger partial charge in [-0.2, -0.15) is 9.61 Å². The fourth-order valence-electron chi connectivity index (χ4n) is 2.97. The third-order valence-electron chi connectivity index (χ3n) is 4.50. The van der Waals surface area contributed by atoms with Crippen molar-refractivity contribution in [1.29, 1.82) is 0 Å². The van der Waals surface area contributed by atoms with E-state index >= 15 is 0 Å². The van der Waals surface area contributed by atoms with Crippen LogP contribution in [0.2, 0.25) is 10.0 Å². The van der Waals surface area contributed by atoms with Gasteiger partial charge in [0.05, 0.1) is 26.3 Å². The maximum Gasteiger partial charge on any atom is 0.240 e. The van der Waals surface area contributed by atoms with Gasteiger partial charge in [0.15, 0.2) is 5.65 Å². The molecule has 0 atom stereocenters. The van der Waals surface area contributed by atoms with E-state index < -0.39 is 15.8 Å². The zero-order chi connectivity index (χ0) is 22.9. The molecule has 4 rings (SSSR count). The Balaban J connectivity index is 1.53. The van der Waals surface area contributed by atoms with Gasteiger partial charge in [0, 0.05) is 29.7 Å². The van der Waals surface area contributed by atoms with Crippen molar-refractivity contribution >= 4 is 60.6 Å². The first-order valence-corrected chi connectivity index (χ1v) is 12.3. The highest BCUT2D eigenvalue weighted by molar-refractivity contribution is 9.10. The number of halogens is 4. The second-order valence-corrected chi connectivity index (χ2v) is 10.1. The number of aromatic nitrogens is 3. The van der Waals surface area contributed by atoms with Crippen LogP contribution < -0.4 is 10.0 Å². The normalized spacial score (nSPS) is 11.8. The van der Waals surface area contributed by atoms with Gasteiger partial charge in [-0.3, -0.25) is 0 Å². The van der Waals surface area contributed by atoms with Gasteiger partial charge >= 0.3 is 0 Å². The molecule has 0 fully saturated rings. The summed E-state index contributed by atoms with van der Waals surface area (Å²) in [4.78, 5) is 4.51. The van der Waals surface area contributed by atoms with E-state index in [0.717, 1.165) is 23.8 Å². The van der Waals surface area contributed by atoms with Crippen LogP contribution in [0.15, 0.2) is 64.1 Å². The van der Waals surface area contributed by atoms with E-state index in [0.29, 0.717) is 26.7 Å². The van der Waals surface area contributed by atoms with Gasteiger partial charge in [0.2, 0.25) is 10.0 Å². The lowest BCUT2D eigenvalue weighted by Gasteiger charge is -2.12. The summed E-state index contributed by atoms with van der Waals surface area (Å²) in [6.07, 6.45) is 1.62. The Bertz CT molecular complexity index is 1410. The Morgan fingerprint density at radius 1 is 1.06 bits per heavy atom. The van der Waals surface area contributed by atoms with Crippen molar-refractivity contribution in [2.45, 2.75) is 4.90 Å². The Labute approximate surface area is 201 Å². The molecule has 2 heterocycles. The minimum atomic E-state index is -3.85. The van der Waals surface area contributed by atoms with Crippen LogP contribution in [-0.2, 0) is 10.0 Å².